The summed E-state index contributed by atoms with van der Waals surface area (Å²) >= 11 is 0. The summed E-state index contributed by atoms with van der Waals surface area (Å²) in [5.74, 6) is -1.08. The molecule has 0 spiro atoms. The fourth-order valence-electron chi connectivity index (χ4n) is 3.46. The van der Waals surface area contributed by atoms with Gasteiger partial charge in [-0.3, -0.25) is 4.79 Å². The number of rotatable bonds is 5. The van der Waals surface area contributed by atoms with E-state index in [2.05, 4.69) is 5.32 Å². The molecule has 2 aromatic rings. The highest BCUT2D eigenvalue weighted by atomic mass is 19.4. The van der Waals surface area contributed by atoms with E-state index in [9.17, 15) is 22.4 Å². The number of fused-ring (bicyclic) bond motifs is 1. The van der Waals surface area contributed by atoms with E-state index in [4.69, 9.17) is 14.2 Å². The van der Waals surface area contributed by atoms with Crippen molar-refractivity contribution in [2.45, 2.75) is 25.0 Å². The van der Waals surface area contributed by atoms with E-state index in [0.717, 1.165) is 12.1 Å². The normalized spacial score (nSPS) is 18.4. The number of methoxy groups -OCH3 is 3. The first-order valence-electron chi connectivity index (χ1n) is 8.89. The minimum atomic E-state index is -4.60. The summed E-state index contributed by atoms with van der Waals surface area (Å²) in [6.45, 7) is 0. The molecule has 30 heavy (non-hydrogen) atoms. The van der Waals surface area contributed by atoms with Crippen molar-refractivity contribution in [3.05, 3.63) is 53.3 Å². The minimum Gasteiger partial charge on any atom is -0.495 e. The molecule has 10 heteroatoms. The number of hydrogen-bond donors (Lipinski definition) is 1. The van der Waals surface area contributed by atoms with Crippen molar-refractivity contribution < 1.29 is 36.6 Å². The fraction of sp³-hybridized carbons (Fsp3) is 0.350. The number of carbonyl (C=O) groups excluding carboxylic acids is 1. The molecule has 0 bridgehead atoms. The van der Waals surface area contributed by atoms with Crippen molar-refractivity contribution in [1.29, 1.82) is 0 Å². The van der Waals surface area contributed by atoms with Crippen LogP contribution in [-0.2, 0) is 20.4 Å². The molecule has 0 saturated heterocycles. The lowest BCUT2D eigenvalue weighted by Gasteiger charge is -2.44. The first-order valence-corrected chi connectivity index (χ1v) is 8.89. The number of nitrogens with one attached hydrogen (secondary N) is 1. The molecule has 0 radical (unpaired) electrons. The van der Waals surface area contributed by atoms with Crippen molar-refractivity contribution >= 4 is 17.3 Å². The first-order chi connectivity index (χ1) is 14.2. The monoisotopic (exact) mass is 428 g/mol. The molecule has 0 aromatic heterocycles. The Bertz CT molecular complexity index is 936. The van der Waals surface area contributed by atoms with Gasteiger partial charge in [-0.05, 0) is 24.3 Å². The van der Waals surface area contributed by atoms with Gasteiger partial charge in [0, 0.05) is 12.7 Å². The van der Waals surface area contributed by atoms with E-state index >= 15 is 0 Å². The number of nitrogens with zero attached hydrogens (tertiary/aromatic N) is 1. The van der Waals surface area contributed by atoms with E-state index in [0.29, 0.717) is 5.56 Å². The number of ether oxygens (including phenoxy) is 3. The van der Waals surface area contributed by atoms with Gasteiger partial charge in [0.05, 0.1) is 43.6 Å². The highest BCUT2D eigenvalue weighted by Crippen LogP contribution is 2.46. The van der Waals surface area contributed by atoms with Crippen LogP contribution in [0.1, 0.15) is 23.6 Å². The van der Waals surface area contributed by atoms with Gasteiger partial charge < -0.3 is 24.4 Å². The number of hydrogen-bond acceptors (Lipinski definition) is 6. The Balaban J connectivity index is 2.23. The maximum atomic E-state index is 14.4. The summed E-state index contributed by atoms with van der Waals surface area (Å²) in [6.07, 6.45) is -5.94. The van der Waals surface area contributed by atoms with Gasteiger partial charge in [-0.1, -0.05) is 12.1 Å². The number of benzene rings is 2. The zero-order valence-corrected chi connectivity index (χ0v) is 16.4. The highest BCUT2D eigenvalue weighted by Gasteiger charge is 2.40. The quantitative estimate of drug-likeness (QED) is 0.566. The van der Waals surface area contributed by atoms with Crippen LogP contribution in [0.5, 0.6) is 5.75 Å². The van der Waals surface area contributed by atoms with Crippen LogP contribution in [0.2, 0.25) is 0 Å². The summed E-state index contributed by atoms with van der Waals surface area (Å²) in [6, 6.07) is 6.36. The van der Waals surface area contributed by atoms with Crippen LogP contribution in [0, 0.1) is 5.82 Å². The third kappa shape index (κ3) is 4.00. The Morgan fingerprint density at radius 3 is 2.50 bits per heavy atom. The molecular formula is C20H20F4N2O4. The lowest BCUT2D eigenvalue weighted by molar-refractivity contribution is -0.141. The average Bonchev–Trinajstić information content (AvgIpc) is 2.72. The molecular weight excluding hydrogens is 408 g/mol. The lowest BCUT2D eigenvalue weighted by Crippen LogP contribution is -2.49. The van der Waals surface area contributed by atoms with Gasteiger partial charge in [-0.25, -0.2) is 4.39 Å². The molecule has 1 N–H and O–H groups in total. The van der Waals surface area contributed by atoms with Gasteiger partial charge in [-0.2, -0.15) is 13.2 Å². The maximum absolute atomic E-state index is 14.4. The van der Waals surface area contributed by atoms with E-state index in [1.807, 2.05) is 0 Å². The molecule has 3 rings (SSSR count). The number of halogens is 4. The number of carbonyl (C=O) groups is 1. The Hall–Kier alpha value is -3.01. The molecule has 1 heterocycles. The zero-order chi connectivity index (χ0) is 22.1. The van der Waals surface area contributed by atoms with E-state index in [1.54, 1.807) is 6.07 Å². The van der Waals surface area contributed by atoms with Crippen LogP contribution in [0.3, 0.4) is 0 Å². The number of esters is 1. The molecule has 0 fully saturated rings. The molecule has 0 aliphatic carbocycles. The lowest BCUT2D eigenvalue weighted by atomic mass is 9.96. The predicted octanol–water partition coefficient (Wildman–Crippen LogP) is 4.32. The largest absolute Gasteiger partial charge is 0.495 e. The van der Waals surface area contributed by atoms with Gasteiger partial charge in [0.25, 0.3) is 0 Å². The van der Waals surface area contributed by atoms with Crippen molar-refractivity contribution in [3.8, 4) is 5.75 Å². The third-order valence-electron chi connectivity index (χ3n) is 4.86. The van der Waals surface area contributed by atoms with Crippen LogP contribution in [0.15, 0.2) is 36.4 Å². The summed E-state index contributed by atoms with van der Waals surface area (Å²) in [7, 11) is 3.82. The van der Waals surface area contributed by atoms with E-state index in [1.165, 1.54) is 44.4 Å². The van der Waals surface area contributed by atoms with E-state index < -0.39 is 35.9 Å². The molecule has 2 atom stereocenters. The fourth-order valence-corrected chi connectivity index (χ4v) is 3.46. The number of alkyl halides is 3. The van der Waals surface area contributed by atoms with Gasteiger partial charge in [-0.15, -0.1) is 0 Å². The van der Waals surface area contributed by atoms with Crippen molar-refractivity contribution in [2.24, 2.45) is 0 Å². The molecule has 2 aromatic carbocycles. The van der Waals surface area contributed by atoms with Crippen LogP contribution in [0.25, 0.3) is 0 Å². The molecule has 6 nitrogen and oxygen atoms in total. The maximum Gasteiger partial charge on any atom is 0.416 e. The highest BCUT2D eigenvalue weighted by molar-refractivity contribution is 5.75. The standard InChI is InChI=1S/C20H20F4N2O4/c1-28-16-8-7-11(20(22,23)24)9-15(16)26-14(10-17(27)29-2)12-5-4-6-13(21)18(12)25-19(26)30-3/h4-9,14,19,25H,10H2,1-3H3. The Morgan fingerprint density at radius 1 is 1.17 bits per heavy atom. The molecule has 1 aliphatic heterocycles. The SMILES string of the molecule is COC(=O)CC1c2cccc(F)c2NC(OC)N1c1cc(C(F)(F)F)ccc1OC. The van der Waals surface area contributed by atoms with E-state index in [-0.39, 0.29) is 23.5 Å². The van der Waals surface area contributed by atoms with Gasteiger partial charge in [0.2, 0.25) is 6.35 Å². The molecule has 0 amide bonds. The second-order valence-corrected chi connectivity index (χ2v) is 6.52. The predicted molar refractivity (Wildman–Crippen MR) is 101 cm³/mol. The molecule has 1 aliphatic rings. The minimum absolute atomic E-state index is 0.0236. The Labute approximate surface area is 170 Å². The summed E-state index contributed by atoms with van der Waals surface area (Å²) in [4.78, 5) is 13.5. The number of para-hydroxylation sites is 1. The van der Waals surface area contributed by atoms with Crippen LogP contribution in [0.4, 0.5) is 28.9 Å². The second kappa shape index (κ2) is 8.39. The van der Waals surface area contributed by atoms with Crippen LogP contribution < -0.4 is 15.0 Å². The Kier molecular flexibility index (Phi) is 6.06. The zero-order valence-electron chi connectivity index (χ0n) is 16.4. The molecule has 162 valence electrons. The molecule has 0 saturated carbocycles. The topological polar surface area (TPSA) is 60.0 Å². The average molecular weight is 428 g/mol. The van der Waals surface area contributed by atoms with Crippen LogP contribution in [-0.4, -0.2) is 33.7 Å². The summed E-state index contributed by atoms with van der Waals surface area (Å²) < 4.78 is 70.0. The van der Waals surface area contributed by atoms with Crippen LogP contribution >= 0.6 is 0 Å². The first kappa shape index (κ1) is 21.7. The number of anilines is 2. The summed E-state index contributed by atoms with van der Waals surface area (Å²) in [5.41, 5.74) is -0.417. The van der Waals surface area contributed by atoms with Gasteiger partial charge in [0.1, 0.15) is 11.6 Å². The summed E-state index contributed by atoms with van der Waals surface area (Å²) in [5, 5.41) is 2.83. The van der Waals surface area contributed by atoms with Gasteiger partial charge >= 0.3 is 12.1 Å². The van der Waals surface area contributed by atoms with Gasteiger partial charge in [0.15, 0.2) is 0 Å². The second-order valence-electron chi connectivity index (χ2n) is 6.52. The Morgan fingerprint density at radius 2 is 1.90 bits per heavy atom. The third-order valence-corrected chi connectivity index (χ3v) is 4.86. The molecule has 2 unspecified atom stereocenters. The van der Waals surface area contributed by atoms with Crippen molar-refractivity contribution in [2.75, 3.05) is 31.5 Å². The van der Waals surface area contributed by atoms with Crippen molar-refractivity contribution in [3.63, 3.8) is 0 Å². The van der Waals surface area contributed by atoms with Crippen molar-refractivity contribution in [1.82, 2.24) is 0 Å². The smallest absolute Gasteiger partial charge is 0.416 e.